The number of pyridine rings is 1. The second-order valence-electron chi connectivity index (χ2n) is 4.41. The predicted octanol–water partition coefficient (Wildman–Crippen LogP) is 3.39. The van der Waals surface area contributed by atoms with E-state index in [4.69, 9.17) is 0 Å². The number of rotatable bonds is 6. The number of benzene rings is 1. The van der Waals surface area contributed by atoms with Crippen molar-refractivity contribution >= 4 is 0 Å². The van der Waals surface area contributed by atoms with Gasteiger partial charge in [0.1, 0.15) is 6.54 Å². The maximum Gasteiger partial charge on any atom is 0.168 e. The quantitative estimate of drug-likeness (QED) is 0.525. The summed E-state index contributed by atoms with van der Waals surface area (Å²) in [5.41, 5.74) is 1.46. The van der Waals surface area contributed by atoms with Gasteiger partial charge in [0.05, 0.1) is 0 Å². The molecule has 17 heavy (non-hydrogen) atoms. The molecule has 0 radical (unpaired) electrons. The van der Waals surface area contributed by atoms with Gasteiger partial charge in [-0.1, -0.05) is 36.4 Å². The van der Waals surface area contributed by atoms with Crippen LogP contribution in [0.3, 0.4) is 0 Å². The Kier molecular flexibility index (Phi) is 4.77. The Morgan fingerprint density at radius 3 is 2.18 bits per heavy atom. The SMILES string of the molecule is c1ccc(CCCCC[n+]2ccccc2)cc1. The van der Waals surface area contributed by atoms with Crippen molar-refractivity contribution in [3.63, 3.8) is 0 Å². The van der Waals surface area contributed by atoms with Gasteiger partial charge in [0, 0.05) is 18.6 Å². The van der Waals surface area contributed by atoms with Gasteiger partial charge in [-0.2, -0.15) is 0 Å². The van der Waals surface area contributed by atoms with E-state index >= 15 is 0 Å². The maximum atomic E-state index is 2.25. The lowest BCUT2D eigenvalue weighted by Gasteiger charge is -2.00. The number of hydrogen-bond donors (Lipinski definition) is 0. The van der Waals surface area contributed by atoms with Gasteiger partial charge in [0.25, 0.3) is 0 Å². The van der Waals surface area contributed by atoms with E-state index in [9.17, 15) is 0 Å². The summed E-state index contributed by atoms with van der Waals surface area (Å²) in [6.07, 6.45) is 9.34. The van der Waals surface area contributed by atoms with Crippen molar-refractivity contribution in [2.45, 2.75) is 32.2 Å². The second-order valence-corrected chi connectivity index (χ2v) is 4.41. The Morgan fingerprint density at radius 2 is 1.41 bits per heavy atom. The van der Waals surface area contributed by atoms with Crippen LogP contribution in [0.1, 0.15) is 24.8 Å². The molecule has 1 heteroatoms. The Hall–Kier alpha value is -1.63. The number of unbranched alkanes of at least 4 members (excludes halogenated alkanes) is 2. The molecule has 0 spiro atoms. The van der Waals surface area contributed by atoms with Gasteiger partial charge >= 0.3 is 0 Å². The molecule has 0 atom stereocenters. The Labute approximate surface area is 104 Å². The van der Waals surface area contributed by atoms with Crippen molar-refractivity contribution in [3.8, 4) is 0 Å². The molecule has 88 valence electrons. The first kappa shape index (κ1) is 11.8. The van der Waals surface area contributed by atoms with Crippen molar-refractivity contribution in [2.75, 3.05) is 0 Å². The summed E-state index contributed by atoms with van der Waals surface area (Å²) < 4.78 is 2.25. The zero-order valence-corrected chi connectivity index (χ0v) is 10.3. The van der Waals surface area contributed by atoms with E-state index in [0.29, 0.717) is 0 Å². The monoisotopic (exact) mass is 226 g/mol. The van der Waals surface area contributed by atoms with E-state index in [1.54, 1.807) is 0 Å². The predicted molar refractivity (Wildman–Crippen MR) is 70.6 cm³/mol. The van der Waals surface area contributed by atoms with Gasteiger partial charge in [0.15, 0.2) is 12.4 Å². The highest BCUT2D eigenvalue weighted by molar-refractivity contribution is 5.14. The molecule has 1 aromatic carbocycles. The van der Waals surface area contributed by atoms with E-state index in [-0.39, 0.29) is 0 Å². The van der Waals surface area contributed by atoms with Crippen LogP contribution in [-0.2, 0) is 13.0 Å². The first-order valence-electron chi connectivity index (χ1n) is 6.43. The van der Waals surface area contributed by atoms with E-state index in [1.165, 1.54) is 31.2 Å². The van der Waals surface area contributed by atoms with Crippen LogP contribution in [0.5, 0.6) is 0 Å². The lowest BCUT2D eigenvalue weighted by Crippen LogP contribution is -2.32. The Balaban J connectivity index is 1.61. The number of aromatic nitrogens is 1. The third-order valence-electron chi connectivity index (χ3n) is 3.00. The van der Waals surface area contributed by atoms with Crippen LogP contribution in [0, 0.1) is 0 Å². The highest BCUT2D eigenvalue weighted by Crippen LogP contribution is 2.05. The fourth-order valence-electron chi connectivity index (χ4n) is 2.03. The fraction of sp³-hybridized carbons (Fsp3) is 0.312. The lowest BCUT2D eigenvalue weighted by molar-refractivity contribution is -0.697. The van der Waals surface area contributed by atoms with E-state index < -0.39 is 0 Å². The van der Waals surface area contributed by atoms with Gasteiger partial charge < -0.3 is 0 Å². The molecular formula is C16H20N+. The maximum absolute atomic E-state index is 2.25. The van der Waals surface area contributed by atoms with E-state index in [2.05, 4.69) is 65.5 Å². The average Bonchev–Trinajstić information content (AvgIpc) is 2.41. The standard InChI is InChI=1S/C16H20N/c1-4-10-16(11-5-1)12-6-2-7-13-17-14-8-3-9-15-17/h1,3-5,8-11,14-15H,2,6-7,12-13H2/q+1. The minimum Gasteiger partial charge on any atom is -0.205 e. The smallest absolute Gasteiger partial charge is 0.168 e. The third kappa shape index (κ3) is 4.39. The lowest BCUT2D eigenvalue weighted by atomic mass is 10.1. The van der Waals surface area contributed by atoms with Gasteiger partial charge in [-0.3, -0.25) is 0 Å². The van der Waals surface area contributed by atoms with Crippen molar-refractivity contribution < 1.29 is 4.57 Å². The van der Waals surface area contributed by atoms with Crippen LogP contribution in [0.2, 0.25) is 0 Å². The minimum absolute atomic E-state index is 1.13. The molecule has 1 nitrogen and oxygen atoms in total. The largest absolute Gasteiger partial charge is 0.205 e. The molecule has 1 heterocycles. The molecular weight excluding hydrogens is 206 g/mol. The molecule has 1 aromatic heterocycles. The van der Waals surface area contributed by atoms with Crippen LogP contribution >= 0.6 is 0 Å². The molecule has 0 saturated heterocycles. The molecule has 0 unspecified atom stereocenters. The molecule has 0 aliphatic carbocycles. The summed E-state index contributed by atoms with van der Waals surface area (Å²) in [5.74, 6) is 0. The van der Waals surface area contributed by atoms with Crippen LogP contribution in [-0.4, -0.2) is 0 Å². The topological polar surface area (TPSA) is 3.88 Å². The van der Waals surface area contributed by atoms with Gasteiger partial charge in [-0.05, 0) is 24.8 Å². The first-order chi connectivity index (χ1) is 8.45. The zero-order chi connectivity index (χ0) is 11.8. The third-order valence-corrected chi connectivity index (χ3v) is 3.00. The van der Waals surface area contributed by atoms with Crippen LogP contribution in [0.4, 0.5) is 0 Å². The number of hydrogen-bond acceptors (Lipinski definition) is 0. The van der Waals surface area contributed by atoms with E-state index in [1.807, 2.05) is 0 Å². The summed E-state index contributed by atoms with van der Waals surface area (Å²) in [7, 11) is 0. The molecule has 0 bridgehead atoms. The summed E-state index contributed by atoms with van der Waals surface area (Å²) in [6, 6.07) is 17.0. The molecule has 0 N–H and O–H groups in total. The highest BCUT2D eigenvalue weighted by atomic mass is 14.9. The zero-order valence-electron chi connectivity index (χ0n) is 10.3. The molecule has 0 fully saturated rings. The summed E-state index contributed by atoms with van der Waals surface area (Å²) >= 11 is 0. The van der Waals surface area contributed by atoms with Crippen molar-refractivity contribution in [3.05, 3.63) is 66.5 Å². The average molecular weight is 226 g/mol. The van der Waals surface area contributed by atoms with Crippen molar-refractivity contribution in [2.24, 2.45) is 0 Å². The van der Waals surface area contributed by atoms with Gasteiger partial charge in [0.2, 0.25) is 0 Å². The summed E-state index contributed by atoms with van der Waals surface area (Å²) in [5, 5.41) is 0. The van der Waals surface area contributed by atoms with Crippen LogP contribution < -0.4 is 4.57 Å². The van der Waals surface area contributed by atoms with Gasteiger partial charge in [-0.15, -0.1) is 0 Å². The minimum atomic E-state index is 1.13. The molecule has 0 amide bonds. The fourth-order valence-corrected chi connectivity index (χ4v) is 2.03. The normalized spacial score (nSPS) is 10.4. The number of aryl methyl sites for hydroxylation is 2. The van der Waals surface area contributed by atoms with Crippen LogP contribution in [0.15, 0.2) is 60.9 Å². The highest BCUT2D eigenvalue weighted by Gasteiger charge is 1.98. The van der Waals surface area contributed by atoms with E-state index in [0.717, 1.165) is 6.54 Å². The van der Waals surface area contributed by atoms with Crippen molar-refractivity contribution in [1.29, 1.82) is 0 Å². The summed E-state index contributed by atoms with van der Waals surface area (Å²) in [4.78, 5) is 0. The van der Waals surface area contributed by atoms with Crippen LogP contribution in [0.25, 0.3) is 0 Å². The number of nitrogens with zero attached hydrogens (tertiary/aromatic N) is 1. The molecule has 0 saturated carbocycles. The molecule has 2 rings (SSSR count). The first-order valence-corrected chi connectivity index (χ1v) is 6.43. The van der Waals surface area contributed by atoms with Gasteiger partial charge in [-0.25, -0.2) is 4.57 Å². The Bertz CT molecular complexity index is 367. The second kappa shape index (κ2) is 6.85. The molecule has 2 aromatic rings. The molecule has 0 aliphatic heterocycles. The van der Waals surface area contributed by atoms with Crippen molar-refractivity contribution in [1.82, 2.24) is 0 Å². The Morgan fingerprint density at radius 1 is 0.706 bits per heavy atom. The summed E-state index contributed by atoms with van der Waals surface area (Å²) in [6.45, 7) is 1.13. The molecule has 0 aliphatic rings.